The first-order valence-electron chi connectivity index (χ1n) is 6.53. The molecular weight excluding hydrogens is 284 g/mol. The molecule has 0 saturated heterocycles. The van der Waals surface area contributed by atoms with Gasteiger partial charge in [-0.25, -0.2) is 0 Å². The third-order valence-corrected chi connectivity index (χ3v) is 4.93. The molecule has 0 saturated carbocycles. The number of anilines is 2. The molecule has 0 atom stereocenters. The number of nitrogens with zero attached hydrogens (tertiary/aromatic N) is 2. The number of hydrogen-bond donors (Lipinski definition) is 0. The first-order valence-corrected chi connectivity index (χ1v) is 8.98. The SMILES string of the molecule is CSc1ccc2ccc(SC)c(N(C)C)c2c1N(C)C. The van der Waals surface area contributed by atoms with Gasteiger partial charge in [0, 0.05) is 43.4 Å². The van der Waals surface area contributed by atoms with Gasteiger partial charge in [-0.2, -0.15) is 0 Å². The van der Waals surface area contributed by atoms with Gasteiger partial charge in [0.15, 0.2) is 0 Å². The minimum Gasteiger partial charge on any atom is -0.376 e. The number of hydrogen-bond acceptors (Lipinski definition) is 4. The highest BCUT2D eigenvalue weighted by atomic mass is 32.2. The first kappa shape index (κ1) is 15.4. The summed E-state index contributed by atoms with van der Waals surface area (Å²) < 4.78 is 0. The van der Waals surface area contributed by atoms with Crippen molar-refractivity contribution in [2.75, 3.05) is 50.5 Å². The fourth-order valence-electron chi connectivity index (χ4n) is 2.56. The van der Waals surface area contributed by atoms with Crippen LogP contribution < -0.4 is 9.80 Å². The second-order valence-corrected chi connectivity index (χ2v) is 6.82. The molecule has 0 amide bonds. The fraction of sp³-hybridized carbons (Fsp3) is 0.375. The lowest BCUT2D eigenvalue weighted by atomic mass is 10.1. The quantitative estimate of drug-likeness (QED) is 0.771. The third-order valence-electron chi connectivity index (χ3n) is 3.39. The van der Waals surface area contributed by atoms with Crippen molar-refractivity contribution in [2.24, 2.45) is 0 Å². The maximum Gasteiger partial charge on any atom is 0.0600 e. The lowest BCUT2D eigenvalue weighted by molar-refractivity contribution is 1.09. The van der Waals surface area contributed by atoms with E-state index in [-0.39, 0.29) is 0 Å². The lowest BCUT2D eigenvalue weighted by Gasteiger charge is -2.25. The highest BCUT2D eigenvalue weighted by Gasteiger charge is 2.16. The van der Waals surface area contributed by atoms with Crippen LogP contribution in [0, 0.1) is 0 Å². The molecule has 108 valence electrons. The van der Waals surface area contributed by atoms with Crippen LogP contribution in [0.4, 0.5) is 11.4 Å². The summed E-state index contributed by atoms with van der Waals surface area (Å²) in [5.41, 5.74) is 2.63. The Labute approximate surface area is 130 Å². The van der Waals surface area contributed by atoms with Crippen molar-refractivity contribution in [1.82, 2.24) is 0 Å². The highest BCUT2D eigenvalue weighted by Crippen LogP contribution is 2.43. The van der Waals surface area contributed by atoms with E-state index in [2.05, 4.69) is 74.8 Å². The molecule has 0 aliphatic rings. The topological polar surface area (TPSA) is 6.48 Å². The molecule has 0 heterocycles. The van der Waals surface area contributed by atoms with Crippen molar-refractivity contribution < 1.29 is 0 Å². The Morgan fingerprint density at radius 3 is 1.40 bits per heavy atom. The van der Waals surface area contributed by atoms with E-state index >= 15 is 0 Å². The number of rotatable bonds is 4. The van der Waals surface area contributed by atoms with Crippen molar-refractivity contribution in [2.45, 2.75) is 9.79 Å². The number of fused-ring (bicyclic) bond motifs is 1. The van der Waals surface area contributed by atoms with Gasteiger partial charge in [0.05, 0.1) is 11.4 Å². The average molecular weight is 306 g/mol. The van der Waals surface area contributed by atoms with Gasteiger partial charge in [0.2, 0.25) is 0 Å². The fourth-order valence-corrected chi connectivity index (χ4v) is 3.92. The lowest BCUT2D eigenvalue weighted by Crippen LogP contribution is -2.15. The van der Waals surface area contributed by atoms with Crippen molar-refractivity contribution >= 4 is 45.7 Å². The molecule has 2 rings (SSSR count). The van der Waals surface area contributed by atoms with E-state index in [1.54, 1.807) is 23.5 Å². The molecule has 20 heavy (non-hydrogen) atoms. The molecule has 2 aromatic rings. The highest BCUT2D eigenvalue weighted by molar-refractivity contribution is 7.99. The van der Waals surface area contributed by atoms with Gasteiger partial charge in [-0.3, -0.25) is 0 Å². The summed E-state index contributed by atoms with van der Waals surface area (Å²) in [4.78, 5) is 7.10. The van der Waals surface area contributed by atoms with E-state index in [4.69, 9.17) is 0 Å². The summed E-state index contributed by atoms with van der Waals surface area (Å²) in [6.07, 6.45) is 4.28. The van der Waals surface area contributed by atoms with Crippen molar-refractivity contribution in [3.63, 3.8) is 0 Å². The van der Waals surface area contributed by atoms with Gasteiger partial charge in [-0.15, -0.1) is 23.5 Å². The standard InChI is InChI=1S/C16H22N2S2/c1-17(2)15-12(19-5)9-7-11-8-10-13(20-6)16(14(11)15)18(3)4/h7-10H,1-6H3. The van der Waals surface area contributed by atoms with Crippen LogP contribution in [0.15, 0.2) is 34.1 Å². The molecule has 2 nitrogen and oxygen atoms in total. The maximum absolute atomic E-state index is 2.23. The predicted octanol–water partition coefficient (Wildman–Crippen LogP) is 4.42. The van der Waals surface area contributed by atoms with E-state index in [1.165, 1.54) is 31.9 Å². The summed E-state index contributed by atoms with van der Waals surface area (Å²) in [6, 6.07) is 8.90. The second kappa shape index (κ2) is 6.19. The van der Waals surface area contributed by atoms with Crippen LogP contribution in [-0.4, -0.2) is 40.7 Å². The van der Waals surface area contributed by atoms with Crippen LogP contribution in [0.25, 0.3) is 10.8 Å². The Bertz CT molecular complexity index is 571. The molecule has 0 aliphatic heterocycles. The van der Waals surface area contributed by atoms with E-state index in [0.29, 0.717) is 0 Å². The smallest absolute Gasteiger partial charge is 0.0600 e. The molecule has 2 aromatic carbocycles. The molecule has 0 radical (unpaired) electrons. The van der Waals surface area contributed by atoms with E-state index in [1.807, 2.05) is 0 Å². The van der Waals surface area contributed by atoms with Crippen LogP contribution >= 0.6 is 23.5 Å². The zero-order valence-electron chi connectivity index (χ0n) is 13.0. The molecule has 4 heteroatoms. The largest absolute Gasteiger partial charge is 0.376 e. The minimum absolute atomic E-state index is 1.30. The molecule has 0 aliphatic carbocycles. The van der Waals surface area contributed by atoms with Gasteiger partial charge >= 0.3 is 0 Å². The zero-order valence-corrected chi connectivity index (χ0v) is 14.7. The van der Waals surface area contributed by atoms with Crippen LogP contribution in [0.3, 0.4) is 0 Å². The monoisotopic (exact) mass is 306 g/mol. The summed E-state index contributed by atoms with van der Waals surface area (Å²) in [5.74, 6) is 0. The Kier molecular flexibility index (Phi) is 4.76. The van der Waals surface area contributed by atoms with Crippen LogP contribution in [-0.2, 0) is 0 Å². The van der Waals surface area contributed by atoms with Crippen molar-refractivity contribution in [1.29, 1.82) is 0 Å². The minimum atomic E-state index is 1.30. The summed E-state index contributed by atoms with van der Waals surface area (Å²) >= 11 is 3.61. The predicted molar refractivity (Wildman–Crippen MR) is 96.2 cm³/mol. The Morgan fingerprint density at radius 1 is 0.700 bits per heavy atom. The number of benzene rings is 2. The average Bonchev–Trinajstić information content (AvgIpc) is 2.43. The molecule has 0 N–H and O–H groups in total. The van der Waals surface area contributed by atoms with Gasteiger partial charge in [0.25, 0.3) is 0 Å². The first-order chi connectivity index (χ1) is 9.51. The normalized spacial score (nSPS) is 10.9. The molecule has 0 bridgehead atoms. The van der Waals surface area contributed by atoms with Crippen LogP contribution in [0.1, 0.15) is 0 Å². The van der Waals surface area contributed by atoms with E-state index < -0.39 is 0 Å². The number of thioether (sulfide) groups is 2. The van der Waals surface area contributed by atoms with Gasteiger partial charge in [-0.1, -0.05) is 12.1 Å². The van der Waals surface area contributed by atoms with Gasteiger partial charge in [-0.05, 0) is 30.0 Å². The maximum atomic E-state index is 2.23. The third kappa shape index (κ3) is 2.59. The second-order valence-electron chi connectivity index (χ2n) is 5.12. The molecule has 0 fully saturated rings. The van der Waals surface area contributed by atoms with Crippen LogP contribution in [0.5, 0.6) is 0 Å². The molecule has 0 unspecified atom stereocenters. The Balaban J connectivity index is 2.95. The molecule has 0 spiro atoms. The van der Waals surface area contributed by atoms with Crippen molar-refractivity contribution in [3.8, 4) is 0 Å². The van der Waals surface area contributed by atoms with Gasteiger partial charge in [0.1, 0.15) is 0 Å². The van der Waals surface area contributed by atoms with E-state index in [0.717, 1.165) is 0 Å². The Morgan fingerprint density at radius 2 is 1.10 bits per heavy atom. The summed E-state index contributed by atoms with van der Waals surface area (Å²) in [5, 5.41) is 2.65. The summed E-state index contributed by atoms with van der Waals surface area (Å²) in [7, 11) is 8.50. The Hall–Kier alpha value is -1.00. The molecular formula is C16H22N2S2. The zero-order chi connectivity index (χ0) is 14.9. The van der Waals surface area contributed by atoms with Crippen LogP contribution in [0.2, 0.25) is 0 Å². The molecule has 0 aromatic heterocycles. The summed E-state index contributed by atoms with van der Waals surface area (Å²) in [6.45, 7) is 0. The van der Waals surface area contributed by atoms with Gasteiger partial charge < -0.3 is 9.80 Å². The van der Waals surface area contributed by atoms with E-state index in [9.17, 15) is 0 Å². The van der Waals surface area contributed by atoms with Crippen molar-refractivity contribution in [3.05, 3.63) is 24.3 Å².